The van der Waals surface area contributed by atoms with E-state index >= 15 is 0 Å². The third-order valence-electron chi connectivity index (χ3n) is 1.25. The number of rotatable bonds is 2. The molecule has 0 saturated heterocycles. The van der Waals surface area contributed by atoms with Crippen molar-refractivity contribution in [3.05, 3.63) is 24.3 Å². The zero-order chi connectivity index (χ0) is 9.19. The van der Waals surface area contributed by atoms with Gasteiger partial charge in [-0.3, -0.25) is 4.55 Å². The first-order valence-electron chi connectivity index (χ1n) is 2.97. The molecule has 0 bridgehead atoms. The Kier molecular flexibility index (Phi) is 2.20. The minimum Gasteiger partial charge on any atom is -0.282 e. The van der Waals surface area contributed by atoms with Gasteiger partial charge in [-0.2, -0.15) is 8.42 Å². The van der Waals surface area contributed by atoms with Crippen LogP contribution >= 0.6 is 0 Å². The maximum atomic E-state index is 10.6. The van der Waals surface area contributed by atoms with Crippen molar-refractivity contribution in [3.63, 3.8) is 0 Å². The normalized spacial score (nSPS) is 11.1. The monoisotopic (exact) mass is 185 g/mol. The van der Waals surface area contributed by atoms with E-state index in [-0.39, 0.29) is 5.69 Å². The summed E-state index contributed by atoms with van der Waals surface area (Å²) in [5, 5.41) is 2.70. The van der Waals surface area contributed by atoms with Crippen LogP contribution in [0.2, 0.25) is 0 Å². The van der Waals surface area contributed by atoms with Crippen molar-refractivity contribution < 1.29 is 13.0 Å². The summed E-state index contributed by atoms with van der Waals surface area (Å²) < 4.78 is 29.8. The Bertz CT molecular complexity index is 399. The summed E-state index contributed by atoms with van der Waals surface area (Å²) in [6, 6.07) is 5.31. The Hall–Kier alpha value is -1.27. The average Bonchev–Trinajstić information content (AvgIpc) is 2.03. The van der Waals surface area contributed by atoms with Crippen LogP contribution in [0.25, 0.3) is 0 Å². The van der Waals surface area contributed by atoms with Crippen LogP contribution in [-0.4, -0.2) is 13.0 Å². The maximum Gasteiger partial charge on any atom is 0.296 e. The van der Waals surface area contributed by atoms with E-state index in [9.17, 15) is 8.42 Å². The first-order chi connectivity index (χ1) is 5.55. The molecule has 0 heterocycles. The number of hydrogen-bond donors (Lipinski definition) is 1. The number of benzene rings is 1. The summed E-state index contributed by atoms with van der Waals surface area (Å²) in [6.45, 7) is 0. The van der Waals surface area contributed by atoms with Crippen LogP contribution in [0.5, 0.6) is 0 Å². The largest absolute Gasteiger partial charge is 0.296 e. The molecular formula is C6H5N2O3S. The highest BCUT2D eigenvalue weighted by atomic mass is 32.2. The molecule has 0 aliphatic heterocycles. The van der Waals surface area contributed by atoms with Crippen molar-refractivity contribution in [1.29, 1.82) is 0 Å². The number of nitrogens with zero attached hydrogens (tertiary/aromatic N) is 2. The van der Waals surface area contributed by atoms with Crippen LogP contribution in [0.4, 0.5) is 5.69 Å². The summed E-state index contributed by atoms with van der Waals surface area (Å²) in [5.41, 5.74) is 8.15. The van der Waals surface area contributed by atoms with Crippen molar-refractivity contribution in [2.75, 3.05) is 0 Å². The molecule has 0 saturated carbocycles. The standard InChI is InChI=1S/C6H5N2O3S/c7-8-5-3-1-2-4-6(5)12(9,10)11/h1-4H,(H,9,10,11). The Morgan fingerprint density at radius 1 is 1.33 bits per heavy atom. The molecule has 1 radical (unpaired) electrons. The van der Waals surface area contributed by atoms with Crippen LogP contribution in [0.1, 0.15) is 0 Å². The van der Waals surface area contributed by atoms with Gasteiger partial charge in [0.15, 0.2) is 0 Å². The van der Waals surface area contributed by atoms with E-state index in [1.807, 2.05) is 0 Å². The van der Waals surface area contributed by atoms with Crippen molar-refractivity contribution in [3.8, 4) is 0 Å². The predicted octanol–water partition coefficient (Wildman–Crippen LogP) is 0.817. The van der Waals surface area contributed by atoms with Crippen molar-refractivity contribution >= 4 is 15.8 Å². The smallest absolute Gasteiger partial charge is 0.282 e. The summed E-state index contributed by atoms with van der Waals surface area (Å²) in [4.78, 5) is -0.410. The molecule has 0 spiro atoms. The van der Waals surface area contributed by atoms with E-state index in [4.69, 9.17) is 10.1 Å². The molecule has 0 unspecified atom stereocenters. The van der Waals surface area contributed by atoms with E-state index in [1.54, 1.807) is 0 Å². The lowest BCUT2D eigenvalue weighted by atomic mass is 10.3. The summed E-state index contributed by atoms with van der Waals surface area (Å²) in [7, 11) is -4.30. The van der Waals surface area contributed by atoms with Gasteiger partial charge in [0.05, 0.1) is 0 Å². The predicted molar refractivity (Wildman–Crippen MR) is 40.5 cm³/mol. The molecule has 0 aliphatic rings. The Balaban J connectivity index is 3.43. The van der Waals surface area contributed by atoms with Crippen LogP contribution in [0.15, 0.2) is 34.3 Å². The highest BCUT2D eigenvalue weighted by molar-refractivity contribution is 7.86. The second-order valence-corrected chi connectivity index (χ2v) is 3.43. The fourth-order valence-corrected chi connectivity index (χ4v) is 1.38. The van der Waals surface area contributed by atoms with Gasteiger partial charge in [-0.25, -0.2) is 0 Å². The van der Waals surface area contributed by atoms with E-state index in [0.29, 0.717) is 0 Å². The zero-order valence-corrected chi connectivity index (χ0v) is 6.69. The topological polar surface area (TPSA) is 89.0 Å². The minimum absolute atomic E-state index is 0.181. The summed E-state index contributed by atoms with van der Waals surface area (Å²) in [5.74, 6) is 0. The van der Waals surface area contributed by atoms with Gasteiger partial charge < -0.3 is 0 Å². The van der Waals surface area contributed by atoms with Gasteiger partial charge in [-0.15, -0.1) is 5.11 Å². The SMILES string of the molecule is [N]=Nc1ccccc1S(=O)(=O)O. The lowest BCUT2D eigenvalue weighted by Gasteiger charge is -1.97. The molecule has 1 aromatic rings. The molecule has 12 heavy (non-hydrogen) atoms. The molecule has 0 amide bonds. The Morgan fingerprint density at radius 3 is 2.33 bits per heavy atom. The third-order valence-corrected chi connectivity index (χ3v) is 2.15. The maximum absolute atomic E-state index is 10.6. The molecule has 1 rings (SSSR count). The fraction of sp³-hybridized carbons (Fsp3) is 0. The number of hydrogen-bond acceptors (Lipinski definition) is 3. The highest BCUT2D eigenvalue weighted by Gasteiger charge is 2.13. The van der Waals surface area contributed by atoms with Crippen LogP contribution in [0.3, 0.4) is 0 Å². The molecule has 63 valence electrons. The van der Waals surface area contributed by atoms with E-state index in [2.05, 4.69) is 5.11 Å². The zero-order valence-electron chi connectivity index (χ0n) is 5.88. The average molecular weight is 185 g/mol. The molecule has 5 nitrogen and oxygen atoms in total. The summed E-state index contributed by atoms with van der Waals surface area (Å²) >= 11 is 0. The van der Waals surface area contributed by atoms with Gasteiger partial charge >= 0.3 is 0 Å². The molecule has 0 aromatic heterocycles. The molecule has 0 atom stereocenters. The lowest BCUT2D eigenvalue weighted by molar-refractivity contribution is 0.483. The molecule has 1 aromatic carbocycles. The van der Waals surface area contributed by atoms with Crippen LogP contribution in [0, 0.1) is 0 Å². The minimum atomic E-state index is -4.30. The van der Waals surface area contributed by atoms with Gasteiger partial charge in [-0.1, -0.05) is 12.1 Å². The second-order valence-electron chi connectivity index (χ2n) is 2.04. The first-order valence-corrected chi connectivity index (χ1v) is 4.41. The lowest BCUT2D eigenvalue weighted by Crippen LogP contribution is -1.97. The summed E-state index contributed by atoms with van der Waals surface area (Å²) in [6.07, 6.45) is 0. The molecule has 6 heteroatoms. The van der Waals surface area contributed by atoms with Gasteiger partial charge in [-0.05, 0) is 17.7 Å². The highest BCUT2D eigenvalue weighted by Crippen LogP contribution is 2.22. The van der Waals surface area contributed by atoms with Crippen molar-refractivity contribution in [1.82, 2.24) is 5.53 Å². The Labute approximate surface area is 69.3 Å². The van der Waals surface area contributed by atoms with E-state index < -0.39 is 15.0 Å². The van der Waals surface area contributed by atoms with E-state index in [1.165, 1.54) is 18.2 Å². The van der Waals surface area contributed by atoms with Gasteiger partial charge in [0.2, 0.25) is 0 Å². The quantitative estimate of drug-likeness (QED) is 0.546. The molecule has 0 aliphatic carbocycles. The molecule has 1 N–H and O–H groups in total. The second kappa shape index (κ2) is 3.00. The van der Waals surface area contributed by atoms with Crippen molar-refractivity contribution in [2.24, 2.45) is 5.11 Å². The Morgan fingerprint density at radius 2 is 1.92 bits per heavy atom. The van der Waals surface area contributed by atoms with Crippen LogP contribution in [-0.2, 0) is 10.1 Å². The van der Waals surface area contributed by atoms with Gasteiger partial charge in [0.25, 0.3) is 10.1 Å². The van der Waals surface area contributed by atoms with Gasteiger partial charge in [0, 0.05) is 0 Å². The van der Waals surface area contributed by atoms with E-state index in [0.717, 1.165) is 6.07 Å². The van der Waals surface area contributed by atoms with Crippen molar-refractivity contribution in [2.45, 2.75) is 4.90 Å². The van der Waals surface area contributed by atoms with Crippen LogP contribution < -0.4 is 5.53 Å². The molecule has 0 fully saturated rings. The fourth-order valence-electron chi connectivity index (χ4n) is 0.758. The third kappa shape index (κ3) is 1.66. The molecular weight excluding hydrogens is 180 g/mol. The first kappa shape index (κ1) is 8.82. The van der Waals surface area contributed by atoms with Gasteiger partial charge in [0.1, 0.15) is 10.6 Å².